The first-order valence-corrected chi connectivity index (χ1v) is 10.6. The van der Waals surface area contributed by atoms with Crippen LogP contribution in [0.5, 0.6) is 5.75 Å². The molecule has 164 valence electrons. The zero-order valence-electron chi connectivity index (χ0n) is 18.7. The van der Waals surface area contributed by atoms with Crippen molar-refractivity contribution in [3.63, 3.8) is 0 Å². The lowest BCUT2D eigenvalue weighted by Gasteiger charge is -2.18. The molecule has 3 heterocycles. The number of rotatable bonds is 5. The van der Waals surface area contributed by atoms with Crippen LogP contribution in [0.3, 0.4) is 0 Å². The van der Waals surface area contributed by atoms with Crippen molar-refractivity contribution < 1.29 is 9.26 Å². The van der Waals surface area contributed by atoms with Gasteiger partial charge in [-0.1, -0.05) is 35.5 Å². The Labute approximate surface area is 190 Å². The number of pyridine rings is 1. The van der Waals surface area contributed by atoms with Gasteiger partial charge in [-0.15, -0.1) is 0 Å². The van der Waals surface area contributed by atoms with Gasteiger partial charge >= 0.3 is 0 Å². The molecule has 0 saturated carbocycles. The Morgan fingerprint density at radius 3 is 2.61 bits per heavy atom. The first-order valence-electron chi connectivity index (χ1n) is 10.6. The minimum Gasteiger partial charge on any atom is -0.496 e. The molecule has 0 amide bonds. The molecule has 1 atom stereocenters. The van der Waals surface area contributed by atoms with Gasteiger partial charge in [0.15, 0.2) is 6.19 Å². The minimum absolute atomic E-state index is 0.0779. The van der Waals surface area contributed by atoms with E-state index in [1.54, 1.807) is 13.3 Å². The average molecular weight is 438 g/mol. The van der Waals surface area contributed by atoms with Crippen LogP contribution in [0.2, 0.25) is 0 Å². The van der Waals surface area contributed by atoms with E-state index in [1.807, 2.05) is 54.9 Å². The van der Waals surface area contributed by atoms with E-state index in [0.29, 0.717) is 17.2 Å². The van der Waals surface area contributed by atoms with Crippen LogP contribution in [-0.4, -0.2) is 26.8 Å². The van der Waals surface area contributed by atoms with Crippen LogP contribution in [0, 0.1) is 25.3 Å². The molecule has 5 aromatic rings. The molecule has 0 aliphatic heterocycles. The molecule has 0 saturated heterocycles. The molecule has 33 heavy (non-hydrogen) atoms. The maximum atomic E-state index is 9.35. The summed E-state index contributed by atoms with van der Waals surface area (Å²) in [6.45, 7) is 5.87. The van der Waals surface area contributed by atoms with E-state index in [2.05, 4.69) is 39.5 Å². The monoisotopic (exact) mass is 438 g/mol. The molecule has 0 aliphatic carbocycles. The number of ether oxygens (including phenoxy) is 1. The predicted octanol–water partition coefficient (Wildman–Crippen LogP) is 5.37. The molecular weight excluding hydrogens is 416 g/mol. The highest BCUT2D eigenvalue weighted by Gasteiger charge is 2.23. The number of aryl methyl sites for hydroxylation is 2. The summed E-state index contributed by atoms with van der Waals surface area (Å²) in [5.74, 6) is 1.86. The van der Waals surface area contributed by atoms with E-state index in [0.717, 1.165) is 44.6 Å². The molecule has 8 heteroatoms. The second kappa shape index (κ2) is 7.95. The third kappa shape index (κ3) is 3.26. The summed E-state index contributed by atoms with van der Waals surface area (Å²) in [5, 5.41) is 17.0. The lowest BCUT2D eigenvalue weighted by molar-refractivity contribution is 0.393. The Morgan fingerprint density at radius 1 is 1.15 bits per heavy atom. The standard InChI is InChI=1S/C25H22N6O2/c1-14-23(16(3)33-30-14)19-10-20-18(11-22(19)32-4)24-21(12-27-20)29-25(28-13-26)31(24)15(2)17-8-6-5-7-9-17/h5-12,15H,1-4H3,(H,28,29)/t15-/m0/s1. The van der Waals surface area contributed by atoms with Gasteiger partial charge in [-0.05, 0) is 38.5 Å². The Bertz CT molecular complexity index is 1510. The largest absolute Gasteiger partial charge is 0.496 e. The number of hydrogen-bond donors (Lipinski definition) is 1. The molecule has 0 spiro atoms. The number of nitrogens with one attached hydrogen (secondary N) is 1. The van der Waals surface area contributed by atoms with Crippen LogP contribution in [-0.2, 0) is 0 Å². The Balaban J connectivity index is 1.83. The van der Waals surface area contributed by atoms with Gasteiger partial charge in [0.2, 0.25) is 5.95 Å². The summed E-state index contributed by atoms with van der Waals surface area (Å²) >= 11 is 0. The summed E-state index contributed by atoms with van der Waals surface area (Å²) in [6.07, 6.45) is 3.74. The van der Waals surface area contributed by atoms with Gasteiger partial charge in [-0.2, -0.15) is 5.26 Å². The first-order chi connectivity index (χ1) is 16.0. The van der Waals surface area contributed by atoms with Crippen molar-refractivity contribution in [3.05, 3.63) is 65.7 Å². The van der Waals surface area contributed by atoms with Gasteiger partial charge in [0.25, 0.3) is 0 Å². The molecule has 0 radical (unpaired) electrons. The molecule has 2 aromatic carbocycles. The third-order valence-corrected chi connectivity index (χ3v) is 5.98. The van der Waals surface area contributed by atoms with Crippen LogP contribution in [0.4, 0.5) is 5.95 Å². The fraction of sp³-hybridized carbons (Fsp3) is 0.200. The molecule has 1 N–H and O–H groups in total. The van der Waals surface area contributed by atoms with Crippen LogP contribution < -0.4 is 10.1 Å². The smallest absolute Gasteiger partial charge is 0.217 e. The number of hydrogen-bond acceptors (Lipinski definition) is 7. The van der Waals surface area contributed by atoms with E-state index in [4.69, 9.17) is 9.26 Å². The summed E-state index contributed by atoms with van der Waals surface area (Å²) in [6, 6.07) is 14.0. The van der Waals surface area contributed by atoms with Crippen molar-refractivity contribution in [2.45, 2.75) is 26.8 Å². The van der Waals surface area contributed by atoms with E-state index in [1.165, 1.54) is 0 Å². The zero-order chi connectivity index (χ0) is 23.1. The second-order valence-corrected chi connectivity index (χ2v) is 7.89. The van der Waals surface area contributed by atoms with E-state index >= 15 is 0 Å². The number of nitrogens with zero attached hydrogens (tertiary/aromatic N) is 5. The van der Waals surface area contributed by atoms with Crippen LogP contribution in [0.1, 0.15) is 30.0 Å². The quantitative estimate of drug-likeness (QED) is 0.291. The third-order valence-electron chi connectivity index (χ3n) is 5.98. The molecular formula is C25H22N6O2. The predicted molar refractivity (Wildman–Crippen MR) is 126 cm³/mol. The molecule has 0 bridgehead atoms. The first kappa shape index (κ1) is 20.5. The van der Waals surface area contributed by atoms with Crippen molar-refractivity contribution in [1.29, 1.82) is 5.26 Å². The van der Waals surface area contributed by atoms with Crippen LogP contribution in [0.25, 0.3) is 33.1 Å². The number of imidazole rings is 1. The maximum Gasteiger partial charge on any atom is 0.217 e. The molecule has 5 rings (SSSR count). The van der Waals surface area contributed by atoms with E-state index < -0.39 is 0 Å². The Hall–Kier alpha value is -4.38. The van der Waals surface area contributed by atoms with Gasteiger partial charge in [0.1, 0.15) is 17.0 Å². The highest BCUT2D eigenvalue weighted by Crippen LogP contribution is 2.40. The van der Waals surface area contributed by atoms with Crippen molar-refractivity contribution in [2.75, 3.05) is 12.4 Å². The van der Waals surface area contributed by atoms with Crippen molar-refractivity contribution in [1.82, 2.24) is 19.7 Å². The van der Waals surface area contributed by atoms with Gasteiger partial charge in [0.05, 0.1) is 41.6 Å². The van der Waals surface area contributed by atoms with E-state index in [9.17, 15) is 5.26 Å². The number of benzene rings is 2. The van der Waals surface area contributed by atoms with Gasteiger partial charge in [0, 0.05) is 10.9 Å². The van der Waals surface area contributed by atoms with Crippen molar-refractivity contribution >= 4 is 27.9 Å². The van der Waals surface area contributed by atoms with Crippen LogP contribution in [0.15, 0.2) is 53.2 Å². The summed E-state index contributed by atoms with van der Waals surface area (Å²) in [5.41, 5.74) is 5.99. The highest BCUT2D eigenvalue weighted by molar-refractivity contribution is 6.05. The molecule has 0 unspecified atom stereocenters. The summed E-state index contributed by atoms with van der Waals surface area (Å²) in [7, 11) is 1.64. The maximum absolute atomic E-state index is 9.35. The lowest BCUT2D eigenvalue weighted by Crippen LogP contribution is -2.10. The number of fused-ring (bicyclic) bond motifs is 3. The lowest BCUT2D eigenvalue weighted by atomic mass is 10.00. The second-order valence-electron chi connectivity index (χ2n) is 7.89. The molecule has 8 nitrogen and oxygen atoms in total. The number of methoxy groups -OCH3 is 1. The fourth-order valence-corrected chi connectivity index (χ4v) is 4.43. The number of nitriles is 1. The number of anilines is 1. The number of aromatic nitrogens is 4. The fourth-order valence-electron chi connectivity index (χ4n) is 4.43. The minimum atomic E-state index is -0.0779. The van der Waals surface area contributed by atoms with Crippen LogP contribution >= 0.6 is 0 Å². The summed E-state index contributed by atoms with van der Waals surface area (Å²) in [4.78, 5) is 9.32. The SMILES string of the molecule is COc1cc2c(cc1-c1c(C)noc1C)ncc1nc(NC#N)n([C@@H](C)c3ccccc3)c12. The molecule has 0 fully saturated rings. The molecule has 0 aliphatic rings. The van der Waals surface area contributed by atoms with Gasteiger partial charge < -0.3 is 13.8 Å². The van der Waals surface area contributed by atoms with E-state index in [-0.39, 0.29) is 6.04 Å². The van der Waals surface area contributed by atoms with Crippen molar-refractivity contribution in [2.24, 2.45) is 0 Å². The molecule has 3 aromatic heterocycles. The highest BCUT2D eigenvalue weighted by atomic mass is 16.5. The Kier molecular flexibility index (Phi) is 4.94. The Morgan fingerprint density at radius 2 is 1.94 bits per heavy atom. The normalized spacial score (nSPS) is 12.1. The van der Waals surface area contributed by atoms with Gasteiger partial charge in [-0.3, -0.25) is 10.3 Å². The topological polar surface area (TPSA) is 102 Å². The van der Waals surface area contributed by atoms with Crippen molar-refractivity contribution in [3.8, 4) is 23.1 Å². The summed E-state index contributed by atoms with van der Waals surface area (Å²) < 4.78 is 13.2. The zero-order valence-corrected chi connectivity index (χ0v) is 18.7. The van der Waals surface area contributed by atoms with Gasteiger partial charge in [-0.25, -0.2) is 4.98 Å². The average Bonchev–Trinajstić information content (AvgIpc) is 3.37.